The van der Waals surface area contributed by atoms with Gasteiger partial charge in [-0.3, -0.25) is 9.13 Å². The molecule has 0 amide bonds. The highest BCUT2D eigenvalue weighted by atomic mass is 31.2. The van der Waals surface area contributed by atoms with Crippen molar-refractivity contribution >= 4 is 15.2 Å². The van der Waals surface area contributed by atoms with E-state index in [-0.39, 0.29) is 0 Å². The smallest absolute Gasteiger partial charge is 0.312 e. The molecule has 0 aliphatic heterocycles. The summed E-state index contributed by atoms with van der Waals surface area (Å²) < 4.78 is 46.6. The second-order valence-corrected chi connectivity index (χ2v) is 10.6. The van der Waals surface area contributed by atoms with E-state index in [0.29, 0.717) is 12.8 Å². The van der Waals surface area contributed by atoms with Crippen molar-refractivity contribution in [3.8, 4) is 0 Å². The first-order valence-electron chi connectivity index (χ1n) is 7.35. The molecule has 0 bridgehead atoms. The van der Waals surface area contributed by atoms with E-state index in [1.54, 1.807) is 0 Å². The first kappa shape index (κ1) is 18.9. The van der Waals surface area contributed by atoms with Gasteiger partial charge in [-0.2, -0.15) is 0 Å². The van der Waals surface area contributed by atoms with Crippen molar-refractivity contribution in [2.75, 3.05) is 28.4 Å². The van der Waals surface area contributed by atoms with Gasteiger partial charge in [0.05, 0.1) is 11.3 Å². The Morgan fingerprint density at radius 1 is 0.957 bits per heavy atom. The Morgan fingerprint density at radius 3 is 2.04 bits per heavy atom. The molecule has 0 heterocycles. The largest absolute Gasteiger partial charge is 0.337 e. The van der Waals surface area contributed by atoms with E-state index in [4.69, 9.17) is 18.1 Å². The zero-order chi connectivity index (χ0) is 17.3. The van der Waals surface area contributed by atoms with Crippen LogP contribution in [0.15, 0.2) is 18.2 Å². The van der Waals surface area contributed by atoms with Crippen LogP contribution in [0.5, 0.6) is 0 Å². The molecular formula is C15H24O6P2. The van der Waals surface area contributed by atoms with E-state index >= 15 is 0 Å². The van der Waals surface area contributed by atoms with Gasteiger partial charge >= 0.3 is 15.2 Å². The van der Waals surface area contributed by atoms with Gasteiger partial charge in [0.15, 0.2) is 0 Å². The Labute approximate surface area is 137 Å². The Hall–Kier alpha value is -0.480. The maximum atomic E-state index is 13.0. The van der Waals surface area contributed by atoms with Crippen molar-refractivity contribution in [2.24, 2.45) is 0 Å². The predicted molar refractivity (Wildman–Crippen MR) is 89.3 cm³/mol. The highest BCUT2D eigenvalue weighted by Crippen LogP contribution is 2.67. The maximum Gasteiger partial charge on any atom is 0.337 e. The fourth-order valence-electron chi connectivity index (χ4n) is 3.17. The van der Waals surface area contributed by atoms with E-state index in [9.17, 15) is 9.13 Å². The lowest BCUT2D eigenvalue weighted by Crippen LogP contribution is -2.25. The Bertz CT molecular complexity index is 643. The van der Waals surface area contributed by atoms with Crippen LogP contribution in [-0.2, 0) is 33.6 Å². The number of fused-ring (bicyclic) bond motifs is 1. The van der Waals surface area contributed by atoms with Gasteiger partial charge in [-0.05, 0) is 30.9 Å². The van der Waals surface area contributed by atoms with Crippen LogP contribution >= 0.6 is 15.2 Å². The lowest BCUT2D eigenvalue weighted by Gasteiger charge is -2.36. The third-order valence-electron chi connectivity index (χ3n) is 4.46. The van der Waals surface area contributed by atoms with Gasteiger partial charge in [0, 0.05) is 28.4 Å². The van der Waals surface area contributed by atoms with Gasteiger partial charge in [-0.15, -0.1) is 0 Å². The molecule has 1 aromatic carbocycles. The topological polar surface area (TPSA) is 71.1 Å². The summed E-state index contributed by atoms with van der Waals surface area (Å²) in [5, 5.41) is 0. The summed E-state index contributed by atoms with van der Waals surface area (Å²) in [7, 11) is -1.17. The fourth-order valence-corrected chi connectivity index (χ4v) is 6.73. The summed E-state index contributed by atoms with van der Waals surface area (Å²) in [5.41, 5.74) is 2.07. The molecule has 6 nitrogen and oxygen atoms in total. The molecule has 0 fully saturated rings. The molecule has 2 unspecified atom stereocenters. The summed E-state index contributed by atoms with van der Waals surface area (Å²) in [6, 6.07) is 5.94. The summed E-state index contributed by atoms with van der Waals surface area (Å²) >= 11 is 0. The predicted octanol–water partition coefficient (Wildman–Crippen LogP) is 4.32. The van der Waals surface area contributed by atoms with Crippen molar-refractivity contribution < 1.29 is 27.2 Å². The van der Waals surface area contributed by atoms with Crippen molar-refractivity contribution in [3.63, 3.8) is 0 Å². The van der Waals surface area contributed by atoms with Crippen LogP contribution in [0.2, 0.25) is 0 Å². The van der Waals surface area contributed by atoms with Crippen LogP contribution in [-0.4, -0.2) is 34.1 Å². The second-order valence-electron chi connectivity index (χ2n) is 5.62. The van der Waals surface area contributed by atoms with Crippen LogP contribution in [0, 0.1) is 6.92 Å². The van der Waals surface area contributed by atoms with Gasteiger partial charge in [0.1, 0.15) is 0 Å². The van der Waals surface area contributed by atoms with Crippen LogP contribution in [0.25, 0.3) is 0 Å². The van der Waals surface area contributed by atoms with E-state index in [1.807, 2.05) is 25.1 Å². The summed E-state index contributed by atoms with van der Waals surface area (Å²) in [4.78, 5) is 0. The fraction of sp³-hybridized carbons (Fsp3) is 0.600. The monoisotopic (exact) mass is 362 g/mol. The molecule has 2 rings (SSSR count). The highest BCUT2D eigenvalue weighted by molar-refractivity contribution is 7.55. The molecule has 8 heteroatoms. The molecule has 0 spiro atoms. The molecule has 0 N–H and O–H groups in total. The Kier molecular flexibility index (Phi) is 5.89. The zero-order valence-electron chi connectivity index (χ0n) is 14.1. The molecular weight excluding hydrogens is 338 g/mol. The first-order valence-corrected chi connectivity index (χ1v) is 10.6. The number of hydrogen-bond acceptors (Lipinski definition) is 6. The summed E-state index contributed by atoms with van der Waals surface area (Å²) in [6.07, 6.45) is 0.896. The van der Waals surface area contributed by atoms with Crippen molar-refractivity contribution in [2.45, 2.75) is 31.1 Å². The molecule has 1 aliphatic rings. The van der Waals surface area contributed by atoms with Crippen molar-refractivity contribution in [1.29, 1.82) is 0 Å². The van der Waals surface area contributed by atoms with Gasteiger partial charge in [0.25, 0.3) is 0 Å². The van der Waals surface area contributed by atoms with E-state index in [2.05, 4.69) is 0 Å². The lowest BCUT2D eigenvalue weighted by molar-refractivity contribution is 0.249. The number of benzene rings is 1. The Balaban J connectivity index is 2.55. The molecule has 23 heavy (non-hydrogen) atoms. The number of rotatable bonds is 6. The second kappa shape index (κ2) is 7.18. The molecule has 1 aromatic rings. The van der Waals surface area contributed by atoms with E-state index in [0.717, 1.165) is 16.7 Å². The molecule has 1 aliphatic carbocycles. The SMILES string of the molecule is COP(=O)(OC)C1Cc2ccc(C)cc2C(P(=O)(OC)OC)C1. The third kappa shape index (κ3) is 3.48. The zero-order valence-corrected chi connectivity index (χ0v) is 15.9. The average molecular weight is 362 g/mol. The van der Waals surface area contributed by atoms with Crippen LogP contribution in [0.3, 0.4) is 0 Å². The normalized spacial score (nSPS) is 22.0. The number of aryl methyl sites for hydroxylation is 1. The Morgan fingerprint density at radius 2 is 1.52 bits per heavy atom. The maximum absolute atomic E-state index is 13.0. The van der Waals surface area contributed by atoms with Crippen LogP contribution in [0.1, 0.15) is 28.8 Å². The van der Waals surface area contributed by atoms with E-state index < -0.39 is 26.5 Å². The van der Waals surface area contributed by atoms with Gasteiger partial charge < -0.3 is 18.1 Å². The summed E-state index contributed by atoms with van der Waals surface area (Å²) in [5.74, 6) is 0. The summed E-state index contributed by atoms with van der Waals surface area (Å²) in [6.45, 7) is 1.98. The molecule has 2 atom stereocenters. The minimum absolute atomic E-state index is 0.356. The van der Waals surface area contributed by atoms with Gasteiger partial charge in [-0.25, -0.2) is 0 Å². The van der Waals surface area contributed by atoms with Crippen molar-refractivity contribution in [1.82, 2.24) is 0 Å². The molecule has 0 aromatic heterocycles. The number of hydrogen-bond donors (Lipinski definition) is 0. The van der Waals surface area contributed by atoms with E-state index in [1.165, 1.54) is 28.4 Å². The standard InChI is InChI=1S/C15H24O6P2/c1-11-6-7-12-9-13(22(16,18-2)19-3)10-15(14(12)8-11)23(17,20-4)21-5/h6-8,13,15H,9-10H2,1-5H3. The van der Waals surface area contributed by atoms with Gasteiger partial charge in [-0.1, -0.05) is 23.8 Å². The molecule has 130 valence electrons. The van der Waals surface area contributed by atoms with Crippen molar-refractivity contribution in [3.05, 3.63) is 34.9 Å². The van der Waals surface area contributed by atoms with Gasteiger partial charge in [0.2, 0.25) is 0 Å². The lowest BCUT2D eigenvalue weighted by atomic mass is 9.90. The molecule has 0 saturated carbocycles. The molecule has 0 saturated heterocycles. The minimum Gasteiger partial charge on any atom is -0.312 e. The van der Waals surface area contributed by atoms with Crippen LogP contribution < -0.4 is 0 Å². The third-order valence-corrected chi connectivity index (χ3v) is 9.03. The molecule has 0 radical (unpaired) electrons. The average Bonchev–Trinajstić information content (AvgIpc) is 2.59. The van der Waals surface area contributed by atoms with Crippen LogP contribution in [0.4, 0.5) is 0 Å². The highest BCUT2D eigenvalue weighted by Gasteiger charge is 2.47. The quantitative estimate of drug-likeness (QED) is 0.702. The first-order chi connectivity index (χ1) is 10.8. The minimum atomic E-state index is -3.37.